The van der Waals surface area contributed by atoms with Gasteiger partial charge in [0, 0.05) is 11.6 Å². The second-order valence-electron chi connectivity index (χ2n) is 5.22. The monoisotopic (exact) mass is 221 g/mol. The van der Waals surface area contributed by atoms with E-state index in [1.54, 1.807) is 0 Å². The van der Waals surface area contributed by atoms with Gasteiger partial charge in [-0.3, -0.25) is 5.10 Å². The van der Waals surface area contributed by atoms with Crippen LogP contribution in [0.3, 0.4) is 0 Å². The Labute approximate surface area is 98.2 Å². The number of unbranched alkanes of at least 4 members (excludes halogenated alkanes) is 1. The average molecular weight is 221 g/mol. The lowest BCUT2D eigenvalue weighted by Crippen LogP contribution is -2.41. The van der Waals surface area contributed by atoms with E-state index in [0.29, 0.717) is 5.41 Å². The van der Waals surface area contributed by atoms with Crippen molar-refractivity contribution in [2.45, 2.75) is 44.9 Å². The third-order valence-corrected chi connectivity index (χ3v) is 3.91. The van der Waals surface area contributed by atoms with Crippen LogP contribution in [0.15, 0.2) is 12.3 Å². The highest BCUT2D eigenvalue weighted by molar-refractivity contribution is 5.14. The number of aromatic nitrogens is 2. The molecular formula is C13H23N3. The van der Waals surface area contributed by atoms with Crippen molar-refractivity contribution in [3.05, 3.63) is 18.0 Å². The zero-order valence-electron chi connectivity index (χ0n) is 10.5. The molecule has 0 spiro atoms. The van der Waals surface area contributed by atoms with Gasteiger partial charge in [-0.05, 0) is 45.0 Å². The van der Waals surface area contributed by atoms with Crippen LogP contribution in [-0.4, -0.2) is 34.7 Å². The lowest BCUT2D eigenvalue weighted by atomic mass is 9.77. The molecule has 3 heteroatoms. The zero-order valence-corrected chi connectivity index (χ0v) is 10.5. The van der Waals surface area contributed by atoms with Gasteiger partial charge in [-0.2, -0.15) is 5.10 Å². The second-order valence-corrected chi connectivity index (χ2v) is 5.22. The summed E-state index contributed by atoms with van der Waals surface area (Å²) in [6, 6.07) is 2.13. The first kappa shape index (κ1) is 11.6. The predicted molar refractivity (Wildman–Crippen MR) is 66.5 cm³/mol. The maximum atomic E-state index is 4.36. The molecule has 2 rings (SSSR count). The van der Waals surface area contributed by atoms with E-state index in [2.05, 4.69) is 35.0 Å². The lowest BCUT2D eigenvalue weighted by molar-refractivity contribution is 0.164. The van der Waals surface area contributed by atoms with E-state index >= 15 is 0 Å². The molecule has 0 amide bonds. The van der Waals surface area contributed by atoms with Crippen molar-refractivity contribution in [3.63, 3.8) is 0 Å². The third kappa shape index (κ3) is 2.46. The zero-order chi connectivity index (χ0) is 11.4. The molecule has 2 heterocycles. The summed E-state index contributed by atoms with van der Waals surface area (Å²) in [6.07, 6.45) is 7.04. The standard InChI is InChI=1S/C13H23N3/c1-3-4-9-16-10-6-13(2,7-11-16)12-5-8-14-15-12/h5,8H,3-4,6-7,9-11H2,1-2H3,(H,14,15). The molecule has 1 saturated heterocycles. The fourth-order valence-electron chi connectivity index (χ4n) is 2.50. The Balaban J connectivity index is 1.89. The van der Waals surface area contributed by atoms with Gasteiger partial charge in [0.2, 0.25) is 0 Å². The van der Waals surface area contributed by atoms with E-state index in [9.17, 15) is 0 Å². The van der Waals surface area contributed by atoms with Gasteiger partial charge in [0.15, 0.2) is 0 Å². The molecule has 1 aromatic rings. The minimum absolute atomic E-state index is 0.294. The summed E-state index contributed by atoms with van der Waals surface area (Å²) in [5, 5.41) is 7.29. The van der Waals surface area contributed by atoms with Crippen molar-refractivity contribution in [2.24, 2.45) is 0 Å². The molecule has 0 saturated carbocycles. The highest BCUT2D eigenvalue weighted by atomic mass is 15.1. The van der Waals surface area contributed by atoms with E-state index in [0.717, 1.165) is 0 Å². The van der Waals surface area contributed by atoms with Crippen LogP contribution in [0.5, 0.6) is 0 Å². The fraction of sp³-hybridized carbons (Fsp3) is 0.769. The Morgan fingerprint density at radius 1 is 1.44 bits per heavy atom. The number of nitrogens with zero attached hydrogens (tertiary/aromatic N) is 2. The van der Waals surface area contributed by atoms with Crippen LogP contribution >= 0.6 is 0 Å². The fourth-order valence-corrected chi connectivity index (χ4v) is 2.50. The summed E-state index contributed by atoms with van der Waals surface area (Å²) < 4.78 is 0. The Morgan fingerprint density at radius 3 is 2.75 bits per heavy atom. The number of nitrogens with one attached hydrogen (secondary N) is 1. The third-order valence-electron chi connectivity index (χ3n) is 3.91. The van der Waals surface area contributed by atoms with Crippen LogP contribution in [-0.2, 0) is 5.41 Å². The molecular weight excluding hydrogens is 198 g/mol. The Hall–Kier alpha value is -0.830. The SMILES string of the molecule is CCCCN1CCC(C)(c2cc[nH]n2)CC1. The van der Waals surface area contributed by atoms with Crippen LogP contribution in [0, 0.1) is 0 Å². The van der Waals surface area contributed by atoms with Gasteiger partial charge >= 0.3 is 0 Å². The van der Waals surface area contributed by atoms with E-state index in [1.165, 1.54) is 51.0 Å². The van der Waals surface area contributed by atoms with Crippen LogP contribution < -0.4 is 0 Å². The summed E-state index contributed by atoms with van der Waals surface area (Å²) >= 11 is 0. The second kappa shape index (κ2) is 5.00. The topological polar surface area (TPSA) is 31.9 Å². The van der Waals surface area contributed by atoms with Crippen LogP contribution in [0.1, 0.15) is 45.2 Å². The average Bonchev–Trinajstić information content (AvgIpc) is 2.83. The van der Waals surface area contributed by atoms with Crippen LogP contribution in [0.25, 0.3) is 0 Å². The molecule has 1 aromatic heterocycles. The van der Waals surface area contributed by atoms with Gasteiger partial charge in [-0.25, -0.2) is 0 Å². The molecule has 3 nitrogen and oxygen atoms in total. The molecule has 1 aliphatic rings. The summed E-state index contributed by atoms with van der Waals surface area (Å²) in [6.45, 7) is 8.33. The normalized spacial score (nSPS) is 21.1. The smallest absolute Gasteiger partial charge is 0.0681 e. The number of aromatic amines is 1. The van der Waals surface area contributed by atoms with Gasteiger partial charge in [-0.1, -0.05) is 20.3 Å². The van der Waals surface area contributed by atoms with Gasteiger partial charge in [0.1, 0.15) is 0 Å². The van der Waals surface area contributed by atoms with Crippen molar-refractivity contribution in [1.82, 2.24) is 15.1 Å². The Bertz CT molecular complexity index is 297. The van der Waals surface area contributed by atoms with E-state index in [4.69, 9.17) is 0 Å². The number of hydrogen-bond donors (Lipinski definition) is 1. The maximum Gasteiger partial charge on any atom is 0.0681 e. The van der Waals surface area contributed by atoms with Crippen molar-refractivity contribution in [1.29, 1.82) is 0 Å². The van der Waals surface area contributed by atoms with Gasteiger partial charge in [0.05, 0.1) is 5.69 Å². The highest BCUT2D eigenvalue weighted by Gasteiger charge is 2.32. The molecule has 0 aliphatic carbocycles. The Kier molecular flexibility index (Phi) is 3.64. The van der Waals surface area contributed by atoms with Crippen LogP contribution in [0.4, 0.5) is 0 Å². The minimum atomic E-state index is 0.294. The Morgan fingerprint density at radius 2 is 2.19 bits per heavy atom. The molecule has 1 aliphatic heterocycles. The quantitative estimate of drug-likeness (QED) is 0.847. The molecule has 0 radical (unpaired) electrons. The predicted octanol–water partition coefficient (Wildman–Crippen LogP) is 2.56. The number of hydrogen-bond acceptors (Lipinski definition) is 2. The molecule has 16 heavy (non-hydrogen) atoms. The molecule has 0 atom stereocenters. The molecule has 1 fully saturated rings. The maximum absolute atomic E-state index is 4.36. The number of piperidine rings is 1. The minimum Gasteiger partial charge on any atom is -0.303 e. The van der Waals surface area contributed by atoms with Gasteiger partial charge in [-0.15, -0.1) is 0 Å². The summed E-state index contributed by atoms with van der Waals surface area (Å²) in [7, 11) is 0. The highest BCUT2D eigenvalue weighted by Crippen LogP contribution is 2.33. The van der Waals surface area contributed by atoms with Crippen molar-refractivity contribution in [2.75, 3.05) is 19.6 Å². The molecule has 0 bridgehead atoms. The molecule has 90 valence electrons. The number of rotatable bonds is 4. The largest absolute Gasteiger partial charge is 0.303 e. The first-order chi connectivity index (χ1) is 7.74. The number of H-pyrrole nitrogens is 1. The van der Waals surface area contributed by atoms with E-state index in [1.807, 2.05) is 6.20 Å². The van der Waals surface area contributed by atoms with Gasteiger partial charge < -0.3 is 4.90 Å². The molecule has 1 N–H and O–H groups in total. The summed E-state index contributed by atoms with van der Waals surface area (Å²) in [5.41, 5.74) is 1.53. The molecule has 0 aromatic carbocycles. The summed E-state index contributed by atoms with van der Waals surface area (Å²) in [4.78, 5) is 2.60. The first-order valence-corrected chi connectivity index (χ1v) is 6.47. The van der Waals surface area contributed by atoms with Crippen molar-refractivity contribution < 1.29 is 0 Å². The van der Waals surface area contributed by atoms with Crippen molar-refractivity contribution >= 4 is 0 Å². The van der Waals surface area contributed by atoms with E-state index in [-0.39, 0.29) is 0 Å². The lowest BCUT2D eigenvalue weighted by Gasteiger charge is -2.38. The molecule has 0 unspecified atom stereocenters. The first-order valence-electron chi connectivity index (χ1n) is 6.47. The van der Waals surface area contributed by atoms with Gasteiger partial charge in [0.25, 0.3) is 0 Å². The van der Waals surface area contributed by atoms with Crippen molar-refractivity contribution in [3.8, 4) is 0 Å². The van der Waals surface area contributed by atoms with E-state index < -0.39 is 0 Å². The van der Waals surface area contributed by atoms with Crippen LogP contribution in [0.2, 0.25) is 0 Å². The summed E-state index contributed by atoms with van der Waals surface area (Å²) in [5.74, 6) is 0. The number of likely N-dealkylation sites (tertiary alicyclic amines) is 1.